The topological polar surface area (TPSA) is 43.2 Å². The molecular weight excluding hydrogens is 556 g/mol. The summed E-state index contributed by atoms with van der Waals surface area (Å²) in [4.78, 5) is 9.90. The average molecular weight is 610 g/mol. The average Bonchev–Trinajstić information content (AvgIpc) is 3.72. The van der Waals surface area contributed by atoms with E-state index in [-0.39, 0.29) is 34.1 Å². The van der Waals surface area contributed by atoms with E-state index in [9.17, 15) is 0 Å². The number of rotatable bonds is 5. The molecule has 2 radical (unpaired) electrons. The molecule has 6 aliphatic rings. The minimum absolute atomic E-state index is 0. The second-order valence-corrected chi connectivity index (χ2v) is 12.7. The first-order chi connectivity index (χ1) is 17.5. The Hall–Kier alpha value is -0.0210. The van der Waals surface area contributed by atoms with Gasteiger partial charge in [0, 0.05) is 46.0 Å². The molecule has 4 nitrogen and oxygen atoms in total. The molecule has 2 heterocycles. The standard InChI is InChI=1S/C22H34N2O2.2C5H10.2Fe/c1-13(2)19-11-25-21(23-19)17-9-5-7-15(17)16-8-6-10-18(16)22-24-20(12-26-22)14(3)4;2*1-2-4-5-3-1;;/h13-14,17-20H,5-12H2,1-4H3;2*1-5H2;;/t17?,18?,19-,20-;;;;/m1..../s1. The quantitative estimate of drug-likeness (QED) is 0.293. The van der Waals surface area contributed by atoms with Crippen LogP contribution in [-0.4, -0.2) is 37.1 Å². The molecule has 6 heteroatoms. The van der Waals surface area contributed by atoms with Crippen molar-refractivity contribution in [1.29, 1.82) is 0 Å². The SMILES string of the molecule is C1CCCC1.C1CCCC1.CC(C)[C@H]1COC(C2CCC[C]2[C]2CCCC2C2=N[C@@H](C(C)C)CO2)=N1.[Fe].[Fe]. The summed E-state index contributed by atoms with van der Waals surface area (Å²) in [6.45, 7) is 10.5. The third kappa shape index (κ3) is 9.53. The van der Waals surface area contributed by atoms with Crippen LogP contribution in [0.4, 0.5) is 0 Å². The predicted molar refractivity (Wildman–Crippen MR) is 151 cm³/mol. The fourth-order valence-electron chi connectivity index (χ4n) is 6.65. The van der Waals surface area contributed by atoms with E-state index < -0.39 is 0 Å². The van der Waals surface area contributed by atoms with Crippen LogP contribution in [0.25, 0.3) is 0 Å². The summed E-state index contributed by atoms with van der Waals surface area (Å²) in [6.07, 6.45) is 22.3. The zero-order chi connectivity index (χ0) is 25.3. The number of ether oxygens (including phenoxy) is 2. The van der Waals surface area contributed by atoms with Crippen LogP contribution in [0.2, 0.25) is 0 Å². The molecule has 0 spiro atoms. The monoisotopic (exact) mass is 610 g/mol. The zero-order valence-electron chi connectivity index (χ0n) is 24.6. The Morgan fingerprint density at radius 1 is 0.526 bits per heavy atom. The van der Waals surface area contributed by atoms with Crippen molar-refractivity contribution in [3.63, 3.8) is 0 Å². The molecule has 38 heavy (non-hydrogen) atoms. The molecule has 0 amide bonds. The number of nitrogens with zero attached hydrogens (tertiary/aromatic N) is 2. The Bertz CT molecular complexity index is 643. The van der Waals surface area contributed by atoms with Gasteiger partial charge in [0.25, 0.3) is 0 Å². The van der Waals surface area contributed by atoms with Crippen LogP contribution in [0.3, 0.4) is 0 Å². The Balaban J connectivity index is 0.000000354. The van der Waals surface area contributed by atoms with Gasteiger partial charge in [0.15, 0.2) is 11.8 Å². The van der Waals surface area contributed by atoms with E-state index in [1.807, 2.05) is 0 Å². The normalized spacial score (nSPS) is 30.9. The Morgan fingerprint density at radius 3 is 1.11 bits per heavy atom. The molecule has 220 valence electrons. The Morgan fingerprint density at radius 2 is 0.842 bits per heavy atom. The first kappa shape index (κ1) is 34.2. The van der Waals surface area contributed by atoms with E-state index >= 15 is 0 Å². The first-order valence-electron chi connectivity index (χ1n) is 15.7. The van der Waals surface area contributed by atoms with Crippen molar-refractivity contribution in [3.8, 4) is 0 Å². The molecule has 0 aromatic heterocycles. The largest absolute Gasteiger partial charge is 0.478 e. The maximum atomic E-state index is 6.06. The maximum Gasteiger partial charge on any atom is 0.187 e. The van der Waals surface area contributed by atoms with Crippen LogP contribution >= 0.6 is 0 Å². The number of aliphatic imine (C=N–C) groups is 2. The van der Waals surface area contributed by atoms with Crippen molar-refractivity contribution in [3.05, 3.63) is 11.8 Å². The van der Waals surface area contributed by atoms with Crippen molar-refractivity contribution in [2.45, 2.75) is 143 Å². The van der Waals surface area contributed by atoms with Crippen molar-refractivity contribution in [1.82, 2.24) is 0 Å². The van der Waals surface area contributed by atoms with Crippen LogP contribution in [-0.2, 0) is 43.6 Å². The Labute approximate surface area is 255 Å². The molecule has 6 rings (SSSR count). The summed E-state index contributed by atoms with van der Waals surface area (Å²) >= 11 is 0. The molecule has 0 saturated heterocycles. The summed E-state index contributed by atoms with van der Waals surface area (Å²) in [5, 5.41) is 0. The zero-order valence-corrected chi connectivity index (χ0v) is 26.8. The van der Waals surface area contributed by atoms with Gasteiger partial charge in [-0.2, -0.15) is 0 Å². The van der Waals surface area contributed by atoms with Gasteiger partial charge in [-0.15, -0.1) is 0 Å². The van der Waals surface area contributed by atoms with Crippen molar-refractivity contribution < 1.29 is 43.6 Å². The van der Waals surface area contributed by atoms with Gasteiger partial charge < -0.3 is 9.47 Å². The van der Waals surface area contributed by atoms with Crippen LogP contribution < -0.4 is 0 Å². The van der Waals surface area contributed by atoms with Crippen LogP contribution in [0, 0.1) is 35.5 Å². The summed E-state index contributed by atoms with van der Waals surface area (Å²) < 4.78 is 12.1. The molecule has 4 fully saturated rings. The molecule has 0 aromatic carbocycles. The van der Waals surface area contributed by atoms with Crippen molar-refractivity contribution >= 4 is 11.8 Å². The molecule has 2 aliphatic heterocycles. The Kier molecular flexibility index (Phi) is 15.9. The predicted octanol–water partition coefficient (Wildman–Crippen LogP) is 8.54. The van der Waals surface area contributed by atoms with Gasteiger partial charge in [-0.1, -0.05) is 105 Å². The second kappa shape index (κ2) is 17.7. The molecule has 0 N–H and O–H groups in total. The summed E-state index contributed by atoms with van der Waals surface area (Å²) in [5.74, 6) is 7.18. The van der Waals surface area contributed by atoms with Gasteiger partial charge in [0.2, 0.25) is 0 Å². The van der Waals surface area contributed by atoms with Gasteiger partial charge in [0.05, 0.1) is 12.1 Å². The van der Waals surface area contributed by atoms with Gasteiger partial charge in [-0.3, -0.25) is 0 Å². The molecule has 0 aromatic rings. The minimum Gasteiger partial charge on any atom is -0.478 e. The smallest absolute Gasteiger partial charge is 0.187 e. The van der Waals surface area contributed by atoms with Crippen molar-refractivity contribution in [2.24, 2.45) is 33.7 Å². The van der Waals surface area contributed by atoms with Crippen molar-refractivity contribution in [2.75, 3.05) is 13.2 Å². The molecule has 4 atom stereocenters. The summed E-state index contributed by atoms with van der Waals surface area (Å²) in [7, 11) is 0. The number of hydrogen-bond donors (Lipinski definition) is 0. The van der Waals surface area contributed by atoms with E-state index in [0.29, 0.717) is 35.8 Å². The number of hydrogen-bond acceptors (Lipinski definition) is 4. The maximum absolute atomic E-state index is 6.06. The third-order valence-electron chi connectivity index (χ3n) is 9.16. The molecule has 4 aliphatic carbocycles. The fourth-order valence-corrected chi connectivity index (χ4v) is 6.65. The van der Waals surface area contributed by atoms with Crippen LogP contribution in [0.5, 0.6) is 0 Å². The second-order valence-electron chi connectivity index (χ2n) is 12.7. The van der Waals surface area contributed by atoms with E-state index in [4.69, 9.17) is 19.5 Å². The minimum atomic E-state index is 0. The van der Waals surface area contributed by atoms with E-state index in [2.05, 4.69) is 27.7 Å². The van der Waals surface area contributed by atoms with E-state index in [1.165, 1.54) is 103 Å². The fraction of sp³-hybridized carbons (Fsp3) is 0.875. The van der Waals surface area contributed by atoms with Crippen LogP contribution in [0.1, 0.15) is 130 Å². The molecule has 2 unspecified atom stereocenters. The van der Waals surface area contributed by atoms with Gasteiger partial charge >= 0.3 is 0 Å². The van der Waals surface area contributed by atoms with Crippen LogP contribution in [0.15, 0.2) is 9.98 Å². The molecule has 4 saturated carbocycles. The van der Waals surface area contributed by atoms with Gasteiger partial charge in [0.1, 0.15) is 13.2 Å². The van der Waals surface area contributed by atoms with E-state index in [0.717, 1.165) is 25.0 Å². The molecule has 0 bridgehead atoms. The van der Waals surface area contributed by atoms with Gasteiger partial charge in [-0.05, 0) is 49.4 Å². The van der Waals surface area contributed by atoms with Gasteiger partial charge in [-0.25, -0.2) is 9.98 Å². The van der Waals surface area contributed by atoms with E-state index in [1.54, 1.807) is 11.8 Å². The first-order valence-corrected chi connectivity index (χ1v) is 15.7. The third-order valence-corrected chi connectivity index (χ3v) is 9.16. The summed E-state index contributed by atoms with van der Waals surface area (Å²) in [5.41, 5.74) is 0. The summed E-state index contributed by atoms with van der Waals surface area (Å²) in [6, 6.07) is 0.677. The molecular formula is C32H54Fe2N2O2.